The molecule has 1 aromatic heterocycles. The van der Waals surface area contributed by atoms with Gasteiger partial charge in [-0.05, 0) is 54.4 Å². The fourth-order valence-corrected chi connectivity index (χ4v) is 2.52. The van der Waals surface area contributed by atoms with Crippen molar-refractivity contribution < 1.29 is 18.3 Å². The fraction of sp³-hybridized carbons (Fsp3) is 0.200. The van der Waals surface area contributed by atoms with Crippen LogP contribution in [0.4, 0.5) is 14.5 Å². The Kier molecular flexibility index (Phi) is 5.80. The number of hydrogen-bond acceptors (Lipinski definition) is 3. The van der Waals surface area contributed by atoms with Crippen molar-refractivity contribution in [3.05, 3.63) is 77.9 Å². The molecule has 0 unspecified atom stereocenters. The third-order valence-corrected chi connectivity index (χ3v) is 4.06. The summed E-state index contributed by atoms with van der Waals surface area (Å²) in [6, 6.07) is 10.1. The Labute approximate surface area is 155 Å². The van der Waals surface area contributed by atoms with Crippen molar-refractivity contribution in [1.29, 1.82) is 0 Å². The Morgan fingerprint density at radius 2 is 1.96 bits per heavy atom. The van der Waals surface area contributed by atoms with Crippen LogP contribution in [-0.2, 0) is 24.9 Å². The second-order valence-electron chi connectivity index (χ2n) is 6.05. The minimum Gasteiger partial charge on any atom is -0.486 e. The number of nitrogens with one attached hydrogen (secondary N) is 1. The molecule has 140 valence electrons. The highest BCUT2D eigenvalue weighted by Crippen LogP contribution is 2.18. The Morgan fingerprint density at radius 1 is 1.19 bits per heavy atom. The molecule has 0 fully saturated rings. The van der Waals surface area contributed by atoms with Crippen molar-refractivity contribution in [2.45, 2.75) is 19.4 Å². The van der Waals surface area contributed by atoms with Gasteiger partial charge in [0.15, 0.2) is 0 Å². The highest BCUT2D eigenvalue weighted by molar-refractivity contribution is 5.90. The number of aromatic nitrogens is 2. The van der Waals surface area contributed by atoms with Crippen molar-refractivity contribution >= 4 is 11.6 Å². The first kappa shape index (κ1) is 18.6. The molecule has 3 aromatic rings. The number of aryl methyl sites for hydroxylation is 2. The molecule has 0 aliphatic carbocycles. The first-order valence-electron chi connectivity index (χ1n) is 8.44. The van der Waals surface area contributed by atoms with Crippen LogP contribution in [-0.4, -0.2) is 15.5 Å². The lowest BCUT2D eigenvalue weighted by Crippen LogP contribution is -2.12. The summed E-state index contributed by atoms with van der Waals surface area (Å²) >= 11 is 0. The summed E-state index contributed by atoms with van der Waals surface area (Å²) in [5, 5.41) is 2.73. The highest BCUT2D eigenvalue weighted by Gasteiger charge is 2.08. The SMILES string of the molecule is Cn1ccnc1COc1ccc(NC(=O)CCc2cc(F)ccc2F)cc1. The van der Waals surface area contributed by atoms with E-state index in [4.69, 9.17) is 4.74 Å². The van der Waals surface area contributed by atoms with Gasteiger partial charge >= 0.3 is 0 Å². The van der Waals surface area contributed by atoms with Crippen molar-refractivity contribution in [2.75, 3.05) is 5.32 Å². The van der Waals surface area contributed by atoms with Gasteiger partial charge in [-0.1, -0.05) is 0 Å². The van der Waals surface area contributed by atoms with E-state index in [-0.39, 0.29) is 24.3 Å². The van der Waals surface area contributed by atoms with Crippen molar-refractivity contribution in [2.24, 2.45) is 7.05 Å². The summed E-state index contributed by atoms with van der Waals surface area (Å²) in [7, 11) is 1.89. The standard InChI is InChI=1S/C20H19F2N3O2/c1-25-11-10-23-19(25)13-27-17-6-4-16(5-7-17)24-20(26)9-2-14-12-15(21)3-8-18(14)22/h3-8,10-12H,2,9,13H2,1H3,(H,24,26). The summed E-state index contributed by atoms with van der Waals surface area (Å²) in [5.74, 6) is 0.140. The second kappa shape index (κ2) is 8.44. The molecule has 0 saturated heterocycles. The van der Waals surface area contributed by atoms with Crippen molar-refractivity contribution in [1.82, 2.24) is 9.55 Å². The average Bonchev–Trinajstić information content (AvgIpc) is 3.07. The molecule has 0 spiro atoms. The number of benzene rings is 2. The van der Waals surface area contributed by atoms with Crippen LogP contribution in [0, 0.1) is 11.6 Å². The number of hydrogen-bond donors (Lipinski definition) is 1. The van der Waals surface area contributed by atoms with E-state index in [2.05, 4.69) is 10.3 Å². The van der Waals surface area contributed by atoms with Gasteiger partial charge in [0, 0.05) is 31.5 Å². The number of rotatable bonds is 7. The predicted octanol–water partition coefficient (Wildman–Crippen LogP) is 3.85. The van der Waals surface area contributed by atoms with Crippen molar-refractivity contribution in [3.63, 3.8) is 0 Å². The van der Waals surface area contributed by atoms with Crippen LogP contribution in [0.25, 0.3) is 0 Å². The Bertz CT molecular complexity index is 923. The number of nitrogens with zero attached hydrogens (tertiary/aromatic N) is 2. The third kappa shape index (κ3) is 5.13. The van der Waals surface area contributed by atoms with E-state index in [1.807, 2.05) is 17.8 Å². The van der Waals surface area contributed by atoms with E-state index in [0.717, 1.165) is 24.0 Å². The first-order valence-corrected chi connectivity index (χ1v) is 8.44. The van der Waals surface area contributed by atoms with Crippen molar-refractivity contribution in [3.8, 4) is 5.75 Å². The maximum absolute atomic E-state index is 13.6. The lowest BCUT2D eigenvalue weighted by atomic mass is 10.1. The van der Waals surface area contributed by atoms with Crippen LogP contribution in [0.2, 0.25) is 0 Å². The zero-order chi connectivity index (χ0) is 19.2. The first-order chi connectivity index (χ1) is 13.0. The summed E-state index contributed by atoms with van der Waals surface area (Å²) in [6.07, 6.45) is 3.72. The zero-order valence-corrected chi connectivity index (χ0v) is 14.8. The Balaban J connectivity index is 1.49. The highest BCUT2D eigenvalue weighted by atomic mass is 19.1. The second-order valence-corrected chi connectivity index (χ2v) is 6.05. The molecule has 5 nitrogen and oxygen atoms in total. The van der Waals surface area contributed by atoms with Gasteiger partial charge in [0.05, 0.1) is 0 Å². The maximum atomic E-state index is 13.6. The smallest absolute Gasteiger partial charge is 0.224 e. The minimum atomic E-state index is -0.520. The lowest BCUT2D eigenvalue weighted by molar-refractivity contribution is -0.116. The summed E-state index contributed by atoms with van der Waals surface area (Å²) in [4.78, 5) is 16.2. The number of amides is 1. The number of ether oxygens (including phenoxy) is 1. The average molecular weight is 371 g/mol. The summed E-state index contributed by atoms with van der Waals surface area (Å²) < 4.78 is 34.2. The summed E-state index contributed by atoms with van der Waals surface area (Å²) in [5.41, 5.74) is 0.784. The fourth-order valence-electron chi connectivity index (χ4n) is 2.52. The molecule has 1 N–H and O–H groups in total. The van der Waals surface area contributed by atoms with Gasteiger partial charge in [-0.2, -0.15) is 0 Å². The lowest BCUT2D eigenvalue weighted by Gasteiger charge is -2.09. The molecule has 0 saturated carbocycles. The normalized spacial score (nSPS) is 10.6. The number of anilines is 1. The molecular formula is C20H19F2N3O2. The van der Waals surface area contributed by atoms with Gasteiger partial charge in [0.2, 0.25) is 5.91 Å². The number of halogens is 2. The quantitative estimate of drug-likeness (QED) is 0.686. The van der Waals surface area contributed by atoms with Crippen LogP contribution >= 0.6 is 0 Å². The monoisotopic (exact) mass is 371 g/mol. The zero-order valence-electron chi connectivity index (χ0n) is 14.8. The molecule has 3 rings (SSSR count). The molecule has 0 aliphatic rings. The van der Waals surface area contributed by atoms with E-state index >= 15 is 0 Å². The summed E-state index contributed by atoms with van der Waals surface area (Å²) in [6.45, 7) is 0.342. The number of carbonyl (C=O) groups is 1. The van der Waals surface area contributed by atoms with Gasteiger partial charge in [-0.3, -0.25) is 4.79 Å². The van der Waals surface area contributed by atoms with E-state index < -0.39 is 11.6 Å². The van der Waals surface area contributed by atoms with Crippen LogP contribution in [0.1, 0.15) is 17.8 Å². The van der Waals surface area contributed by atoms with Crippen LogP contribution in [0.5, 0.6) is 5.75 Å². The van der Waals surface area contributed by atoms with E-state index in [1.54, 1.807) is 30.5 Å². The van der Waals surface area contributed by atoms with Crippen LogP contribution in [0.3, 0.4) is 0 Å². The topological polar surface area (TPSA) is 56.1 Å². The van der Waals surface area contributed by atoms with E-state index in [9.17, 15) is 13.6 Å². The van der Waals surface area contributed by atoms with E-state index in [0.29, 0.717) is 18.0 Å². The molecule has 1 amide bonds. The predicted molar refractivity (Wildman–Crippen MR) is 97.3 cm³/mol. The van der Waals surface area contributed by atoms with Crippen LogP contribution < -0.4 is 10.1 Å². The minimum absolute atomic E-state index is 0.0534. The van der Waals surface area contributed by atoms with Gasteiger partial charge in [0.25, 0.3) is 0 Å². The number of imidazole rings is 1. The molecular weight excluding hydrogens is 352 g/mol. The largest absolute Gasteiger partial charge is 0.486 e. The molecule has 0 atom stereocenters. The van der Waals surface area contributed by atoms with Crippen LogP contribution in [0.15, 0.2) is 54.9 Å². The molecule has 2 aromatic carbocycles. The maximum Gasteiger partial charge on any atom is 0.224 e. The molecule has 0 aliphatic heterocycles. The molecule has 0 radical (unpaired) electrons. The van der Waals surface area contributed by atoms with Gasteiger partial charge in [0.1, 0.15) is 29.8 Å². The molecule has 27 heavy (non-hydrogen) atoms. The van der Waals surface area contributed by atoms with Gasteiger partial charge in [-0.15, -0.1) is 0 Å². The Morgan fingerprint density at radius 3 is 2.67 bits per heavy atom. The number of carbonyl (C=O) groups excluding carboxylic acids is 1. The van der Waals surface area contributed by atoms with E-state index in [1.165, 1.54) is 0 Å². The Hall–Kier alpha value is -3.22. The van der Waals surface area contributed by atoms with Gasteiger partial charge < -0.3 is 14.6 Å². The molecule has 1 heterocycles. The third-order valence-electron chi connectivity index (χ3n) is 4.06. The molecule has 0 bridgehead atoms. The van der Waals surface area contributed by atoms with Gasteiger partial charge in [-0.25, -0.2) is 13.8 Å². The molecule has 7 heteroatoms.